The number of benzene rings is 1. The smallest absolute Gasteiger partial charge is 0.262 e. The second kappa shape index (κ2) is 6.93. The number of aromatic nitrogens is 2. The van der Waals surface area contributed by atoms with Crippen molar-refractivity contribution in [3.8, 4) is 0 Å². The van der Waals surface area contributed by atoms with Gasteiger partial charge in [0.2, 0.25) is 5.91 Å². The summed E-state index contributed by atoms with van der Waals surface area (Å²) in [6, 6.07) is 6.61. The standard InChI is InChI=1S/C16H13Cl2N3O2S/c1-2-10-6-11-15(24-10)19-8-21(16(11)23)7-14(22)20-13-4-3-9(17)5-12(13)18/h3-6,8H,2,7H2,1H3,(H,20,22). The molecule has 0 atom stereocenters. The average molecular weight is 382 g/mol. The number of fused-ring (bicyclic) bond motifs is 1. The predicted molar refractivity (Wildman–Crippen MR) is 98.3 cm³/mol. The van der Waals surface area contributed by atoms with E-state index in [1.54, 1.807) is 12.1 Å². The molecule has 2 aromatic heterocycles. The first-order chi connectivity index (χ1) is 11.5. The number of aryl methyl sites for hydroxylation is 1. The lowest BCUT2D eigenvalue weighted by Gasteiger charge is -2.08. The van der Waals surface area contributed by atoms with E-state index < -0.39 is 0 Å². The molecule has 0 fully saturated rings. The Bertz CT molecular complexity index is 981. The van der Waals surface area contributed by atoms with E-state index in [1.807, 2.05) is 13.0 Å². The summed E-state index contributed by atoms with van der Waals surface area (Å²) in [6.07, 6.45) is 2.24. The molecule has 5 nitrogen and oxygen atoms in total. The molecule has 0 aliphatic rings. The van der Waals surface area contributed by atoms with Gasteiger partial charge in [-0.3, -0.25) is 14.2 Å². The summed E-state index contributed by atoms with van der Waals surface area (Å²) in [6.45, 7) is 1.88. The number of rotatable bonds is 4. The van der Waals surface area contributed by atoms with Crippen molar-refractivity contribution in [3.63, 3.8) is 0 Å². The highest BCUT2D eigenvalue weighted by Crippen LogP contribution is 2.25. The van der Waals surface area contributed by atoms with Gasteiger partial charge in [0.25, 0.3) is 5.56 Å². The van der Waals surface area contributed by atoms with Crippen molar-refractivity contribution in [2.45, 2.75) is 19.9 Å². The van der Waals surface area contributed by atoms with Gasteiger partial charge in [-0.25, -0.2) is 4.98 Å². The van der Waals surface area contributed by atoms with Crippen molar-refractivity contribution in [2.75, 3.05) is 5.32 Å². The van der Waals surface area contributed by atoms with Gasteiger partial charge in [-0.2, -0.15) is 0 Å². The lowest BCUT2D eigenvalue weighted by atomic mass is 10.3. The number of hydrogen-bond donors (Lipinski definition) is 1. The lowest BCUT2D eigenvalue weighted by molar-refractivity contribution is -0.116. The highest BCUT2D eigenvalue weighted by Gasteiger charge is 2.12. The van der Waals surface area contributed by atoms with Crippen LogP contribution in [0.2, 0.25) is 10.0 Å². The van der Waals surface area contributed by atoms with Gasteiger partial charge in [0.05, 0.1) is 22.4 Å². The van der Waals surface area contributed by atoms with Gasteiger partial charge in [0.15, 0.2) is 0 Å². The Morgan fingerprint density at radius 2 is 2.12 bits per heavy atom. The van der Waals surface area contributed by atoms with Gasteiger partial charge >= 0.3 is 0 Å². The van der Waals surface area contributed by atoms with Crippen molar-refractivity contribution in [1.82, 2.24) is 9.55 Å². The second-order valence-corrected chi connectivity index (χ2v) is 7.09. The van der Waals surface area contributed by atoms with Crippen LogP contribution in [0.3, 0.4) is 0 Å². The lowest BCUT2D eigenvalue weighted by Crippen LogP contribution is -2.27. The van der Waals surface area contributed by atoms with Crippen LogP contribution in [0, 0.1) is 0 Å². The predicted octanol–water partition coefficient (Wildman–Crippen LogP) is 3.97. The molecule has 0 aliphatic heterocycles. The first-order valence-electron chi connectivity index (χ1n) is 7.20. The van der Waals surface area contributed by atoms with Crippen molar-refractivity contribution in [1.29, 1.82) is 0 Å². The molecule has 0 saturated heterocycles. The Labute approximate surface area is 151 Å². The number of thiophene rings is 1. The summed E-state index contributed by atoms with van der Waals surface area (Å²) in [5.41, 5.74) is 0.213. The molecule has 8 heteroatoms. The number of anilines is 1. The molecule has 124 valence electrons. The van der Waals surface area contributed by atoms with E-state index in [0.29, 0.717) is 25.9 Å². The summed E-state index contributed by atoms with van der Waals surface area (Å²) >= 11 is 13.3. The van der Waals surface area contributed by atoms with Crippen LogP contribution in [-0.2, 0) is 17.8 Å². The molecule has 0 aliphatic carbocycles. The normalized spacial score (nSPS) is 11.0. The van der Waals surface area contributed by atoms with Crippen LogP contribution in [0.25, 0.3) is 10.2 Å². The van der Waals surface area contributed by atoms with Crippen LogP contribution < -0.4 is 10.9 Å². The number of carbonyl (C=O) groups is 1. The number of amides is 1. The van der Waals surface area contributed by atoms with E-state index in [9.17, 15) is 9.59 Å². The molecule has 1 aromatic carbocycles. The third-order valence-corrected chi connectivity index (χ3v) is 5.17. The van der Waals surface area contributed by atoms with E-state index in [2.05, 4.69) is 10.3 Å². The zero-order valence-electron chi connectivity index (χ0n) is 12.7. The highest BCUT2D eigenvalue weighted by atomic mass is 35.5. The first-order valence-corrected chi connectivity index (χ1v) is 8.78. The van der Waals surface area contributed by atoms with Crippen LogP contribution in [0.15, 0.2) is 35.4 Å². The van der Waals surface area contributed by atoms with E-state index in [1.165, 1.54) is 28.3 Å². The molecule has 1 N–H and O–H groups in total. The molecular weight excluding hydrogens is 369 g/mol. The van der Waals surface area contributed by atoms with Crippen LogP contribution in [0.5, 0.6) is 0 Å². The van der Waals surface area contributed by atoms with Crippen LogP contribution in [0.1, 0.15) is 11.8 Å². The molecule has 2 heterocycles. The fraction of sp³-hybridized carbons (Fsp3) is 0.188. The van der Waals surface area contributed by atoms with Crippen molar-refractivity contribution < 1.29 is 4.79 Å². The molecule has 0 spiro atoms. The summed E-state index contributed by atoms with van der Waals surface area (Å²) in [5.74, 6) is -0.367. The zero-order chi connectivity index (χ0) is 17.3. The SMILES string of the molecule is CCc1cc2c(=O)n(CC(=O)Nc3ccc(Cl)cc3Cl)cnc2s1. The van der Waals surface area contributed by atoms with E-state index >= 15 is 0 Å². The second-order valence-electron chi connectivity index (χ2n) is 5.14. The molecule has 0 bridgehead atoms. The van der Waals surface area contributed by atoms with Gasteiger partial charge in [-0.1, -0.05) is 30.1 Å². The summed E-state index contributed by atoms with van der Waals surface area (Å²) in [4.78, 5) is 30.7. The third-order valence-electron chi connectivity index (χ3n) is 3.44. The molecule has 0 saturated carbocycles. The number of halogens is 2. The Hall–Kier alpha value is -1.89. The van der Waals surface area contributed by atoms with Gasteiger partial charge in [-0.05, 0) is 30.7 Å². The molecule has 0 radical (unpaired) electrons. The molecule has 3 aromatic rings. The number of hydrogen-bond acceptors (Lipinski definition) is 4. The zero-order valence-corrected chi connectivity index (χ0v) is 15.0. The number of nitrogens with one attached hydrogen (secondary N) is 1. The Balaban J connectivity index is 1.82. The van der Waals surface area contributed by atoms with E-state index in [0.717, 1.165) is 11.3 Å². The Kier molecular flexibility index (Phi) is 4.89. The minimum Gasteiger partial charge on any atom is -0.323 e. The summed E-state index contributed by atoms with van der Waals surface area (Å²) in [5, 5.41) is 4.02. The topological polar surface area (TPSA) is 64.0 Å². The average Bonchev–Trinajstić information content (AvgIpc) is 2.97. The largest absolute Gasteiger partial charge is 0.323 e. The minimum atomic E-state index is -0.367. The highest BCUT2D eigenvalue weighted by molar-refractivity contribution is 7.18. The molecule has 1 amide bonds. The third kappa shape index (κ3) is 3.45. The van der Waals surface area contributed by atoms with Crippen molar-refractivity contribution in [2.24, 2.45) is 0 Å². The van der Waals surface area contributed by atoms with Crippen LogP contribution >= 0.6 is 34.5 Å². The molecule has 24 heavy (non-hydrogen) atoms. The Morgan fingerprint density at radius 1 is 1.33 bits per heavy atom. The minimum absolute atomic E-state index is 0.141. The first kappa shape index (κ1) is 17.0. The fourth-order valence-corrected chi connectivity index (χ4v) is 3.61. The quantitative estimate of drug-likeness (QED) is 0.743. The number of nitrogens with zero attached hydrogens (tertiary/aromatic N) is 2. The monoisotopic (exact) mass is 381 g/mol. The van der Waals surface area contributed by atoms with Gasteiger partial charge in [-0.15, -0.1) is 11.3 Å². The molecule has 3 rings (SSSR count). The fourth-order valence-electron chi connectivity index (χ4n) is 2.23. The molecule has 0 unspecified atom stereocenters. The van der Waals surface area contributed by atoms with Crippen molar-refractivity contribution in [3.05, 3.63) is 55.9 Å². The van der Waals surface area contributed by atoms with Gasteiger partial charge in [0, 0.05) is 9.90 Å². The maximum Gasteiger partial charge on any atom is 0.262 e. The van der Waals surface area contributed by atoms with Crippen LogP contribution in [0.4, 0.5) is 5.69 Å². The van der Waals surface area contributed by atoms with Crippen LogP contribution in [-0.4, -0.2) is 15.5 Å². The maximum atomic E-state index is 12.5. The summed E-state index contributed by atoms with van der Waals surface area (Å²) in [7, 11) is 0. The van der Waals surface area contributed by atoms with Crippen molar-refractivity contribution >= 4 is 56.3 Å². The maximum absolute atomic E-state index is 12.5. The number of carbonyl (C=O) groups excluding carboxylic acids is 1. The van der Waals surface area contributed by atoms with Gasteiger partial charge < -0.3 is 5.32 Å². The van der Waals surface area contributed by atoms with E-state index in [4.69, 9.17) is 23.2 Å². The molecular formula is C16H13Cl2N3O2S. The van der Waals surface area contributed by atoms with Gasteiger partial charge in [0.1, 0.15) is 11.4 Å². The Morgan fingerprint density at radius 3 is 2.83 bits per heavy atom. The summed E-state index contributed by atoms with van der Waals surface area (Å²) < 4.78 is 1.29. The van der Waals surface area contributed by atoms with E-state index in [-0.39, 0.29) is 18.0 Å².